The summed E-state index contributed by atoms with van der Waals surface area (Å²) in [7, 11) is 3.14. The minimum atomic E-state index is -0.446. The molecular formula is C16H15IN2O5. The molecule has 0 saturated heterocycles. The lowest BCUT2D eigenvalue weighted by Crippen LogP contribution is -1.96. The van der Waals surface area contributed by atoms with Gasteiger partial charge in [-0.3, -0.25) is 10.1 Å². The Balaban J connectivity index is 2.03. The van der Waals surface area contributed by atoms with Gasteiger partial charge in [0.2, 0.25) is 0 Å². The second kappa shape index (κ2) is 8.48. The molecule has 0 aliphatic carbocycles. The molecule has 2 aromatic rings. The van der Waals surface area contributed by atoms with Gasteiger partial charge in [-0.1, -0.05) is 17.3 Å². The maximum Gasteiger partial charge on any atom is 0.269 e. The van der Waals surface area contributed by atoms with Gasteiger partial charge in [-0.05, 0) is 40.3 Å². The van der Waals surface area contributed by atoms with Gasteiger partial charge in [-0.15, -0.1) is 0 Å². The number of methoxy groups -OCH3 is 2. The standard InChI is InChI=1S/C16H15IN2O5/c1-22-15-8-12(7-14(17)16(15)23-2)9-18-24-10-11-4-3-5-13(6-11)19(20)21/h3-9H,10H2,1-2H3/b18-9-. The molecule has 0 heterocycles. The summed E-state index contributed by atoms with van der Waals surface area (Å²) in [6.45, 7) is 0.141. The zero-order chi connectivity index (χ0) is 17.5. The number of nitrogens with zero attached hydrogens (tertiary/aromatic N) is 2. The van der Waals surface area contributed by atoms with Crippen molar-refractivity contribution in [1.82, 2.24) is 0 Å². The molecule has 0 bridgehead atoms. The number of oxime groups is 1. The van der Waals surface area contributed by atoms with Crippen LogP contribution in [0.4, 0.5) is 5.69 Å². The SMILES string of the molecule is COc1cc(/C=N\OCc2cccc([N+](=O)[O-])c2)cc(I)c1OC. The van der Waals surface area contributed by atoms with E-state index >= 15 is 0 Å². The lowest BCUT2D eigenvalue weighted by molar-refractivity contribution is -0.384. The van der Waals surface area contributed by atoms with Crippen LogP contribution < -0.4 is 9.47 Å². The van der Waals surface area contributed by atoms with Gasteiger partial charge in [0.25, 0.3) is 5.69 Å². The van der Waals surface area contributed by atoms with E-state index in [0.717, 1.165) is 9.13 Å². The number of hydrogen-bond donors (Lipinski definition) is 0. The Kier molecular flexibility index (Phi) is 6.36. The van der Waals surface area contributed by atoms with Crippen LogP contribution in [0.5, 0.6) is 11.5 Å². The normalized spacial score (nSPS) is 10.6. The maximum absolute atomic E-state index is 10.7. The molecule has 126 valence electrons. The van der Waals surface area contributed by atoms with Crippen LogP contribution in [-0.4, -0.2) is 25.4 Å². The highest BCUT2D eigenvalue weighted by atomic mass is 127. The Labute approximate surface area is 152 Å². The predicted molar refractivity (Wildman–Crippen MR) is 97.7 cm³/mol. The molecule has 0 unspecified atom stereocenters. The van der Waals surface area contributed by atoms with E-state index in [-0.39, 0.29) is 12.3 Å². The number of ether oxygens (including phenoxy) is 2. The van der Waals surface area contributed by atoms with E-state index in [1.807, 2.05) is 6.07 Å². The highest BCUT2D eigenvalue weighted by Crippen LogP contribution is 2.33. The zero-order valence-corrected chi connectivity index (χ0v) is 15.2. The van der Waals surface area contributed by atoms with Crippen LogP contribution in [0.3, 0.4) is 0 Å². The summed E-state index contributed by atoms with van der Waals surface area (Å²) in [6, 6.07) is 9.88. The fraction of sp³-hybridized carbons (Fsp3) is 0.188. The third-order valence-electron chi connectivity index (χ3n) is 3.08. The van der Waals surface area contributed by atoms with Crippen molar-refractivity contribution in [2.75, 3.05) is 14.2 Å². The van der Waals surface area contributed by atoms with Crippen molar-refractivity contribution in [3.63, 3.8) is 0 Å². The van der Waals surface area contributed by atoms with Crippen LogP contribution in [0.1, 0.15) is 11.1 Å². The second-order valence-corrected chi connectivity index (χ2v) is 5.84. The Hall–Kier alpha value is -2.36. The molecule has 0 aliphatic rings. The van der Waals surface area contributed by atoms with E-state index in [0.29, 0.717) is 17.1 Å². The maximum atomic E-state index is 10.7. The van der Waals surface area contributed by atoms with Crippen LogP contribution in [0.2, 0.25) is 0 Å². The van der Waals surface area contributed by atoms with E-state index in [9.17, 15) is 10.1 Å². The quantitative estimate of drug-likeness (QED) is 0.282. The average Bonchev–Trinajstić information content (AvgIpc) is 2.58. The van der Waals surface area contributed by atoms with Crippen molar-refractivity contribution < 1.29 is 19.2 Å². The molecule has 0 saturated carbocycles. The van der Waals surface area contributed by atoms with E-state index < -0.39 is 4.92 Å². The van der Waals surface area contributed by atoms with Crippen LogP contribution in [0, 0.1) is 13.7 Å². The molecule has 24 heavy (non-hydrogen) atoms. The minimum absolute atomic E-state index is 0.0227. The molecule has 0 aromatic heterocycles. The van der Waals surface area contributed by atoms with E-state index in [1.165, 1.54) is 12.1 Å². The van der Waals surface area contributed by atoms with Gasteiger partial charge >= 0.3 is 0 Å². The summed E-state index contributed by atoms with van der Waals surface area (Å²) in [5.41, 5.74) is 1.48. The molecular weight excluding hydrogens is 427 g/mol. The first-order valence-corrected chi connectivity index (χ1v) is 7.93. The molecule has 0 radical (unpaired) electrons. The highest BCUT2D eigenvalue weighted by Gasteiger charge is 2.09. The van der Waals surface area contributed by atoms with Crippen LogP contribution >= 0.6 is 22.6 Å². The lowest BCUT2D eigenvalue weighted by Gasteiger charge is -2.10. The second-order valence-electron chi connectivity index (χ2n) is 4.67. The number of rotatable bonds is 7. The predicted octanol–water partition coefficient (Wildman–Crippen LogP) is 3.77. The van der Waals surface area contributed by atoms with Crippen molar-refractivity contribution in [3.05, 3.63) is 61.2 Å². The number of halogens is 1. The smallest absolute Gasteiger partial charge is 0.269 e. The van der Waals surface area contributed by atoms with Crippen molar-refractivity contribution in [2.24, 2.45) is 5.16 Å². The molecule has 0 aliphatic heterocycles. The summed E-state index contributed by atoms with van der Waals surface area (Å²) in [6.07, 6.45) is 1.54. The Morgan fingerprint density at radius 1 is 1.25 bits per heavy atom. The summed E-state index contributed by atoms with van der Waals surface area (Å²) in [5.74, 6) is 1.26. The summed E-state index contributed by atoms with van der Waals surface area (Å²) < 4.78 is 11.4. The Morgan fingerprint density at radius 3 is 2.71 bits per heavy atom. The van der Waals surface area contributed by atoms with Gasteiger partial charge in [-0.2, -0.15) is 0 Å². The molecule has 8 heteroatoms. The summed E-state index contributed by atoms with van der Waals surface area (Å²) >= 11 is 2.14. The van der Waals surface area contributed by atoms with Crippen molar-refractivity contribution in [3.8, 4) is 11.5 Å². The zero-order valence-electron chi connectivity index (χ0n) is 13.1. The third-order valence-corrected chi connectivity index (χ3v) is 3.89. The number of benzene rings is 2. The van der Waals surface area contributed by atoms with Gasteiger partial charge in [0, 0.05) is 17.7 Å². The Morgan fingerprint density at radius 2 is 2.04 bits per heavy atom. The summed E-state index contributed by atoms with van der Waals surface area (Å²) in [4.78, 5) is 15.5. The topological polar surface area (TPSA) is 83.2 Å². The van der Waals surface area contributed by atoms with E-state index in [4.69, 9.17) is 14.3 Å². The molecule has 0 N–H and O–H groups in total. The van der Waals surface area contributed by atoms with Gasteiger partial charge in [0.05, 0.1) is 28.9 Å². The van der Waals surface area contributed by atoms with Crippen molar-refractivity contribution in [2.45, 2.75) is 6.61 Å². The number of nitro benzene ring substituents is 1. The largest absolute Gasteiger partial charge is 0.493 e. The van der Waals surface area contributed by atoms with E-state index in [1.54, 1.807) is 38.6 Å². The monoisotopic (exact) mass is 442 g/mol. The number of nitro groups is 1. The van der Waals surface area contributed by atoms with Crippen molar-refractivity contribution >= 4 is 34.5 Å². The molecule has 2 aromatic carbocycles. The Bertz CT molecular complexity index is 764. The fourth-order valence-corrected chi connectivity index (χ4v) is 2.83. The van der Waals surface area contributed by atoms with Crippen LogP contribution in [0.25, 0.3) is 0 Å². The van der Waals surface area contributed by atoms with Crippen molar-refractivity contribution in [1.29, 1.82) is 0 Å². The minimum Gasteiger partial charge on any atom is -0.493 e. The number of hydrogen-bond acceptors (Lipinski definition) is 6. The average molecular weight is 442 g/mol. The summed E-state index contributed by atoms with van der Waals surface area (Å²) in [5, 5.41) is 14.6. The van der Waals surface area contributed by atoms with Crippen LogP contribution in [-0.2, 0) is 11.4 Å². The lowest BCUT2D eigenvalue weighted by atomic mass is 10.2. The van der Waals surface area contributed by atoms with E-state index in [2.05, 4.69) is 27.7 Å². The highest BCUT2D eigenvalue weighted by molar-refractivity contribution is 14.1. The first-order chi connectivity index (χ1) is 11.5. The fourth-order valence-electron chi connectivity index (χ4n) is 1.98. The molecule has 0 atom stereocenters. The molecule has 0 spiro atoms. The molecule has 0 amide bonds. The first-order valence-electron chi connectivity index (χ1n) is 6.85. The third kappa shape index (κ3) is 4.57. The van der Waals surface area contributed by atoms with Gasteiger partial charge < -0.3 is 14.3 Å². The molecule has 2 rings (SSSR count). The number of non-ortho nitro benzene ring substituents is 1. The van der Waals surface area contributed by atoms with Gasteiger partial charge in [0.15, 0.2) is 11.5 Å². The molecule has 0 fully saturated rings. The van der Waals surface area contributed by atoms with Gasteiger partial charge in [-0.25, -0.2) is 0 Å². The molecule has 7 nitrogen and oxygen atoms in total. The van der Waals surface area contributed by atoms with Crippen LogP contribution in [0.15, 0.2) is 41.6 Å². The first kappa shape index (κ1) is 18.0. The van der Waals surface area contributed by atoms with Gasteiger partial charge in [0.1, 0.15) is 6.61 Å².